The van der Waals surface area contributed by atoms with Gasteiger partial charge in [-0.25, -0.2) is 8.42 Å². The molecule has 3 aromatic rings. The standard InChI is InChI=1S/C23H21N3O4S/c27-22-10-5-15-26(22)20-13-11-18(12-14-20)24-23(28)17-6-4-9-21(16-17)31(29,30)25-19-7-2-1-3-8-19/h1-4,6-9,11-14,16,25H,5,10,15H2,(H,24,28). The molecule has 0 radical (unpaired) electrons. The lowest BCUT2D eigenvalue weighted by molar-refractivity contribution is -0.117. The Labute approximate surface area is 180 Å². The van der Waals surface area contributed by atoms with E-state index in [4.69, 9.17) is 0 Å². The fourth-order valence-electron chi connectivity index (χ4n) is 3.37. The van der Waals surface area contributed by atoms with Crippen molar-refractivity contribution in [2.75, 3.05) is 21.5 Å². The molecule has 2 amide bonds. The summed E-state index contributed by atoms with van der Waals surface area (Å²) in [5.41, 5.74) is 2.00. The summed E-state index contributed by atoms with van der Waals surface area (Å²) in [6, 6.07) is 21.4. The molecule has 1 aliphatic heterocycles. The van der Waals surface area contributed by atoms with Gasteiger partial charge in [0, 0.05) is 35.6 Å². The molecule has 1 saturated heterocycles. The zero-order chi connectivity index (χ0) is 21.8. The minimum atomic E-state index is -3.83. The Morgan fingerprint density at radius 2 is 1.61 bits per heavy atom. The van der Waals surface area contributed by atoms with Crippen molar-refractivity contribution in [2.24, 2.45) is 0 Å². The molecule has 0 atom stereocenters. The zero-order valence-corrected chi connectivity index (χ0v) is 17.4. The first-order valence-electron chi connectivity index (χ1n) is 9.82. The van der Waals surface area contributed by atoms with Crippen LogP contribution in [-0.4, -0.2) is 26.8 Å². The number of nitrogens with zero attached hydrogens (tertiary/aromatic N) is 1. The van der Waals surface area contributed by atoms with E-state index in [0.717, 1.165) is 12.1 Å². The molecule has 0 aliphatic carbocycles. The zero-order valence-electron chi connectivity index (χ0n) is 16.6. The number of hydrogen-bond donors (Lipinski definition) is 2. The molecule has 1 fully saturated rings. The SMILES string of the molecule is O=C(Nc1ccc(N2CCCC2=O)cc1)c1cccc(S(=O)(=O)Nc2ccccc2)c1. The summed E-state index contributed by atoms with van der Waals surface area (Å²) in [7, 11) is -3.83. The Morgan fingerprint density at radius 1 is 0.871 bits per heavy atom. The third-order valence-corrected chi connectivity index (χ3v) is 6.32. The normalized spacial score (nSPS) is 13.8. The van der Waals surface area contributed by atoms with Gasteiger partial charge in [0.2, 0.25) is 5.91 Å². The molecule has 3 aromatic carbocycles. The van der Waals surface area contributed by atoms with Crippen LogP contribution in [0.15, 0.2) is 83.8 Å². The average molecular weight is 436 g/mol. The Kier molecular flexibility index (Phi) is 5.73. The van der Waals surface area contributed by atoms with Crippen molar-refractivity contribution < 1.29 is 18.0 Å². The second-order valence-electron chi connectivity index (χ2n) is 7.15. The molecular formula is C23H21N3O4S. The summed E-state index contributed by atoms with van der Waals surface area (Å²) in [4.78, 5) is 26.2. The molecule has 1 heterocycles. The highest BCUT2D eigenvalue weighted by Crippen LogP contribution is 2.23. The summed E-state index contributed by atoms with van der Waals surface area (Å²) in [6.45, 7) is 0.697. The van der Waals surface area contributed by atoms with Crippen LogP contribution in [0.1, 0.15) is 23.2 Å². The topological polar surface area (TPSA) is 95.6 Å². The highest BCUT2D eigenvalue weighted by atomic mass is 32.2. The third kappa shape index (κ3) is 4.75. The summed E-state index contributed by atoms with van der Waals surface area (Å²) in [5.74, 6) is -0.333. The number of nitrogens with one attached hydrogen (secondary N) is 2. The average Bonchev–Trinajstić information content (AvgIpc) is 3.20. The lowest BCUT2D eigenvalue weighted by Gasteiger charge is -2.16. The van der Waals surface area contributed by atoms with E-state index in [0.29, 0.717) is 24.3 Å². The van der Waals surface area contributed by atoms with Crippen LogP contribution in [0.3, 0.4) is 0 Å². The van der Waals surface area contributed by atoms with Crippen LogP contribution in [0.4, 0.5) is 17.1 Å². The van der Waals surface area contributed by atoms with E-state index in [-0.39, 0.29) is 16.4 Å². The second-order valence-corrected chi connectivity index (χ2v) is 8.83. The predicted molar refractivity (Wildman–Crippen MR) is 120 cm³/mol. The third-order valence-electron chi connectivity index (χ3n) is 4.94. The van der Waals surface area contributed by atoms with Crippen LogP contribution in [-0.2, 0) is 14.8 Å². The van der Waals surface area contributed by atoms with E-state index < -0.39 is 15.9 Å². The number of carbonyl (C=O) groups is 2. The summed E-state index contributed by atoms with van der Waals surface area (Å²) < 4.78 is 27.8. The number of hydrogen-bond acceptors (Lipinski definition) is 4. The summed E-state index contributed by atoms with van der Waals surface area (Å²) >= 11 is 0. The highest BCUT2D eigenvalue weighted by Gasteiger charge is 2.21. The van der Waals surface area contributed by atoms with Crippen LogP contribution in [0, 0.1) is 0 Å². The molecule has 4 rings (SSSR count). The molecule has 0 bridgehead atoms. The van der Waals surface area contributed by atoms with E-state index in [1.54, 1.807) is 65.6 Å². The van der Waals surface area contributed by atoms with Gasteiger partial charge in [0.15, 0.2) is 0 Å². The number of benzene rings is 3. The molecule has 31 heavy (non-hydrogen) atoms. The number of anilines is 3. The number of carbonyl (C=O) groups excluding carboxylic acids is 2. The van der Waals surface area contributed by atoms with Crippen LogP contribution in [0.5, 0.6) is 0 Å². The van der Waals surface area contributed by atoms with Gasteiger partial charge in [-0.05, 0) is 61.0 Å². The van der Waals surface area contributed by atoms with Crippen molar-refractivity contribution in [1.29, 1.82) is 0 Å². The number of rotatable bonds is 6. The fourth-order valence-corrected chi connectivity index (χ4v) is 4.48. The lowest BCUT2D eigenvalue weighted by atomic mass is 10.2. The van der Waals surface area contributed by atoms with Crippen molar-refractivity contribution in [2.45, 2.75) is 17.7 Å². The van der Waals surface area contributed by atoms with Crippen molar-refractivity contribution in [3.05, 3.63) is 84.4 Å². The monoisotopic (exact) mass is 435 g/mol. The van der Waals surface area contributed by atoms with Gasteiger partial charge in [-0.1, -0.05) is 24.3 Å². The summed E-state index contributed by atoms with van der Waals surface area (Å²) in [5, 5.41) is 2.76. The first-order valence-corrected chi connectivity index (χ1v) is 11.3. The highest BCUT2D eigenvalue weighted by molar-refractivity contribution is 7.92. The smallest absolute Gasteiger partial charge is 0.261 e. The molecule has 0 saturated carbocycles. The van der Waals surface area contributed by atoms with E-state index >= 15 is 0 Å². The maximum atomic E-state index is 12.7. The molecule has 158 valence electrons. The molecule has 1 aliphatic rings. The largest absolute Gasteiger partial charge is 0.322 e. The predicted octanol–water partition coefficient (Wildman–Crippen LogP) is 3.87. The van der Waals surface area contributed by atoms with Crippen molar-refractivity contribution >= 4 is 38.9 Å². The van der Waals surface area contributed by atoms with Gasteiger partial charge in [-0.15, -0.1) is 0 Å². The van der Waals surface area contributed by atoms with E-state index in [1.807, 2.05) is 0 Å². The number of para-hydroxylation sites is 1. The number of sulfonamides is 1. The maximum Gasteiger partial charge on any atom is 0.261 e. The van der Waals surface area contributed by atoms with Crippen LogP contribution in [0.2, 0.25) is 0 Å². The lowest BCUT2D eigenvalue weighted by Crippen LogP contribution is -2.23. The van der Waals surface area contributed by atoms with E-state index in [2.05, 4.69) is 10.0 Å². The Balaban J connectivity index is 1.47. The Bertz CT molecular complexity index is 1210. The molecule has 7 nitrogen and oxygen atoms in total. The van der Waals surface area contributed by atoms with Crippen LogP contribution >= 0.6 is 0 Å². The molecule has 8 heteroatoms. The first kappa shape index (κ1) is 20.6. The second kappa shape index (κ2) is 8.61. The van der Waals surface area contributed by atoms with Crippen molar-refractivity contribution in [3.8, 4) is 0 Å². The van der Waals surface area contributed by atoms with Crippen molar-refractivity contribution in [3.63, 3.8) is 0 Å². The quantitative estimate of drug-likeness (QED) is 0.614. The minimum absolute atomic E-state index is 0.00750. The maximum absolute atomic E-state index is 12.7. The Morgan fingerprint density at radius 3 is 2.29 bits per heavy atom. The van der Waals surface area contributed by atoms with Crippen LogP contribution in [0.25, 0.3) is 0 Å². The van der Waals surface area contributed by atoms with Gasteiger partial charge in [-0.3, -0.25) is 14.3 Å². The fraction of sp³-hybridized carbons (Fsp3) is 0.130. The van der Waals surface area contributed by atoms with E-state index in [9.17, 15) is 18.0 Å². The molecule has 2 N–H and O–H groups in total. The molecule has 0 spiro atoms. The van der Waals surface area contributed by atoms with E-state index in [1.165, 1.54) is 18.2 Å². The van der Waals surface area contributed by atoms with Gasteiger partial charge in [0.05, 0.1) is 4.90 Å². The molecule has 0 unspecified atom stereocenters. The minimum Gasteiger partial charge on any atom is -0.322 e. The van der Waals surface area contributed by atoms with Gasteiger partial charge in [0.1, 0.15) is 0 Å². The molecular weight excluding hydrogens is 414 g/mol. The van der Waals surface area contributed by atoms with Crippen LogP contribution < -0.4 is 14.9 Å². The van der Waals surface area contributed by atoms with Crippen molar-refractivity contribution in [1.82, 2.24) is 0 Å². The first-order chi connectivity index (χ1) is 14.9. The van der Waals surface area contributed by atoms with Gasteiger partial charge in [0.25, 0.3) is 15.9 Å². The number of amides is 2. The van der Waals surface area contributed by atoms with Gasteiger partial charge >= 0.3 is 0 Å². The summed E-state index contributed by atoms with van der Waals surface area (Å²) in [6.07, 6.45) is 1.40. The van der Waals surface area contributed by atoms with Gasteiger partial charge < -0.3 is 10.2 Å². The van der Waals surface area contributed by atoms with Gasteiger partial charge in [-0.2, -0.15) is 0 Å². The molecule has 0 aromatic heterocycles. The Hall–Kier alpha value is -3.65.